The topological polar surface area (TPSA) is 12.0 Å². The Labute approximate surface area is 92.2 Å². The molecule has 0 aliphatic heterocycles. The highest BCUT2D eigenvalue weighted by Crippen LogP contribution is 2.05. The fraction of sp³-hybridized carbons (Fsp3) is 0.286. The Hall–Kier alpha value is -1.52. The number of benzene rings is 1. The van der Waals surface area contributed by atoms with Crippen LogP contribution in [0.1, 0.15) is 12.0 Å². The van der Waals surface area contributed by atoms with E-state index in [9.17, 15) is 0 Å². The van der Waals surface area contributed by atoms with E-state index in [1.54, 1.807) is 0 Å². The highest BCUT2D eigenvalue weighted by molar-refractivity contribution is 5.16. The van der Waals surface area contributed by atoms with Gasteiger partial charge in [-0.2, -0.15) is 0 Å². The fourth-order valence-electron chi connectivity index (χ4n) is 1.54. The van der Waals surface area contributed by atoms with Gasteiger partial charge in [-0.25, -0.2) is 0 Å². The van der Waals surface area contributed by atoms with Gasteiger partial charge < -0.3 is 5.32 Å². The lowest BCUT2D eigenvalue weighted by atomic mass is 10.0. The summed E-state index contributed by atoms with van der Waals surface area (Å²) < 4.78 is 0. The molecular formula is C14H17N. The Kier molecular flexibility index (Phi) is 5.29. The van der Waals surface area contributed by atoms with Crippen LogP contribution in [0, 0.1) is 12.3 Å². The van der Waals surface area contributed by atoms with E-state index >= 15 is 0 Å². The smallest absolute Gasteiger partial charge is 0.0576 e. The van der Waals surface area contributed by atoms with Crippen molar-refractivity contribution in [1.82, 2.24) is 5.32 Å². The van der Waals surface area contributed by atoms with E-state index in [2.05, 4.69) is 42.1 Å². The van der Waals surface area contributed by atoms with E-state index in [4.69, 9.17) is 6.42 Å². The normalized spacial score (nSPS) is 11.7. The quantitative estimate of drug-likeness (QED) is 0.548. The molecule has 1 heteroatoms. The molecule has 0 spiro atoms. The van der Waals surface area contributed by atoms with Gasteiger partial charge >= 0.3 is 0 Å². The Morgan fingerprint density at radius 3 is 2.73 bits per heavy atom. The molecule has 0 saturated carbocycles. The van der Waals surface area contributed by atoms with E-state index in [1.165, 1.54) is 5.56 Å². The molecule has 1 atom stereocenters. The number of rotatable bonds is 6. The Morgan fingerprint density at radius 1 is 1.40 bits per heavy atom. The van der Waals surface area contributed by atoms with Crippen LogP contribution in [-0.4, -0.2) is 12.6 Å². The van der Waals surface area contributed by atoms with Crippen LogP contribution >= 0.6 is 0 Å². The second-order valence-corrected chi connectivity index (χ2v) is 3.50. The molecule has 15 heavy (non-hydrogen) atoms. The van der Waals surface area contributed by atoms with Crippen LogP contribution in [0.15, 0.2) is 43.0 Å². The molecule has 0 saturated heterocycles. The third kappa shape index (κ3) is 4.49. The van der Waals surface area contributed by atoms with Crippen molar-refractivity contribution in [2.45, 2.75) is 18.9 Å². The molecule has 0 heterocycles. The third-order valence-electron chi connectivity index (χ3n) is 2.27. The fourth-order valence-corrected chi connectivity index (χ4v) is 1.54. The Bertz CT molecular complexity index is 321. The minimum atomic E-state index is 0.390. The number of hydrogen-bond donors (Lipinski definition) is 1. The standard InChI is InChI=1S/C14H17N/c1-3-8-14(15-11-4-2)12-13-9-6-5-7-10-13/h2-3,5-7,9-10,14-15H,1,8,11-12H2/t14-/m0/s1. The van der Waals surface area contributed by atoms with Gasteiger partial charge in [0.2, 0.25) is 0 Å². The van der Waals surface area contributed by atoms with Crippen molar-refractivity contribution in [3.63, 3.8) is 0 Å². The first-order chi connectivity index (χ1) is 7.36. The van der Waals surface area contributed by atoms with Crippen LogP contribution in [0.5, 0.6) is 0 Å². The Morgan fingerprint density at radius 2 is 2.13 bits per heavy atom. The third-order valence-corrected chi connectivity index (χ3v) is 2.27. The van der Waals surface area contributed by atoms with Crippen molar-refractivity contribution in [3.8, 4) is 12.3 Å². The summed E-state index contributed by atoms with van der Waals surface area (Å²) in [7, 11) is 0. The summed E-state index contributed by atoms with van der Waals surface area (Å²) >= 11 is 0. The zero-order valence-corrected chi connectivity index (χ0v) is 8.95. The van der Waals surface area contributed by atoms with Crippen molar-refractivity contribution in [1.29, 1.82) is 0 Å². The molecule has 0 fully saturated rings. The van der Waals surface area contributed by atoms with Crippen LogP contribution in [0.3, 0.4) is 0 Å². The molecule has 0 unspecified atom stereocenters. The second kappa shape index (κ2) is 6.86. The zero-order chi connectivity index (χ0) is 10.9. The summed E-state index contributed by atoms with van der Waals surface area (Å²) in [6, 6.07) is 10.8. The summed E-state index contributed by atoms with van der Waals surface area (Å²) in [4.78, 5) is 0. The minimum absolute atomic E-state index is 0.390. The lowest BCUT2D eigenvalue weighted by Crippen LogP contribution is -2.30. The van der Waals surface area contributed by atoms with Crippen molar-refractivity contribution in [3.05, 3.63) is 48.6 Å². The van der Waals surface area contributed by atoms with E-state index in [1.807, 2.05) is 12.1 Å². The molecule has 0 aromatic heterocycles. The van der Waals surface area contributed by atoms with Crippen molar-refractivity contribution < 1.29 is 0 Å². The molecule has 78 valence electrons. The predicted octanol–water partition coefficient (Wildman–Crippen LogP) is 2.40. The second-order valence-electron chi connectivity index (χ2n) is 3.50. The monoisotopic (exact) mass is 199 g/mol. The average molecular weight is 199 g/mol. The predicted molar refractivity (Wildman–Crippen MR) is 65.6 cm³/mol. The first-order valence-electron chi connectivity index (χ1n) is 5.18. The van der Waals surface area contributed by atoms with Crippen LogP contribution in [0.4, 0.5) is 0 Å². The largest absolute Gasteiger partial charge is 0.303 e. The van der Waals surface area contributed by atoms with Crippen LogP contribution < -0.4 is 5.32 Å². The summed E-state index contributed by atoms with van der Waals surface area (Å²) in [6.45, 7) is 4.37. The van der Waals surface area contributed by atoms with Crippen LogP contribution in [0.25, 0.3) is 0 Å². The van der Waals surface area contributed by atoms with Gasteiger partial charge in [0.1, 0.15) is 0 Å². The average Bonchev–Trinajstić information content (AvgIpc) is 2.28. The molecule has 1 nitrogen and oxygen atoms in total. The van der Waals surface area contributed by atoms with E-state index in [0.717, 1.165) is 12.8 Å². The first kappa shape index (κ1) is 11.6. The molecule has 0 aliphatic carbocycles. The summed E-state index contributed by atoms with van der Waals surface area (Å²) in [5.41, 5.74) is 1.33. The highest BCUT2D eigenvalue weighted by Gasteiger charge is 2.05. The summed E-state index contributed by atoms with van der Waals surface area (Å²) in [5, 5.41) is 3.31. The van der Waals surface area contributed by atoms with E-state index < -0.39 is 0 Å². The molecule has 0 aliphatic rings. The molecule has 1 aromatic carbocycles. The van der Waals surface area contributed by atoms with Gasteiger partial charge in [0.25, 0.3) is 0 Å². The molecule has 1 rings (SSSR count). The highest BCUT2D eigenvalue weighted by atomic mass is 14.9. The number of hydrogen-bond acceptors (Lipinski definition) is 1. The SMILES string of the molecule is C#CCN[C@@H](CC=C)Cc1ccccc1. The van der Waals surface area contributed by atoms with Crippen molar-refractivity contribution in [2.75, 3.05) is 6.54 Å². The zero-order valence-electron chi connectivity index (χ0n) is 8.95. The summed E-state index contributed by atoms with van der Waals surface area (Å²) in [5.74, 6) is 2.60. The van der Waals surface area contributed by atoms with Gasteiger partial charge in [-0.15, -0.1) is 13.0 Å². The maximum Gasteiger partial charge on any atom is 0.0576 e. The lowest BCUT2D eigenvalue weighted by Gasteiger charge is -2.15. The Balaban J connectivity index is 2.51. The molecular weight excluding hydrogens is 182 g/mol. The molecule has 0 amide bonds. The molecule has 1 N–H and O–H groups in total. The molecule has 0 bridgehead atoms. The van der Waals surface area contributed by atoms with Gasteiger partial charge in [-0.1, -0.05) is 42.3 Å². The van der Waals surface area contributed by atoms with Gasteiger partial charge in [-0.3, -0.25) is 0 Å². The van der Waals surface area contributed by atoms with Gasteiger partial charge in [0, 0.05) is 6.04 Å². The van der Waals surface area contributed by atoms with E-state index in [-0.39, 0.29) is 0 Å². The summed E-state index contributed by atoms with van der Waals surface area (Å²) in [6.07, 6.45) is 9.09. The first-order valence-corrected chi connectivity index (χ1v) is 5.18. The number of nitrogens with one attached hydrogen (secondary N) is 1. The van der Waals surface area contributed by atoms with Crippen LogP contribution in [-0.2, 0) is 6.42 Å². The van der Waals surface area contributed by atoms with Gasteiger partial charge in [0.15, 0.2) is 0 Å². The van der Waals surface area contributed by atoms with E-state index in [0.29, 0.717) is 12.6 Å². The van der Waals surface area contributed by atoms with Crippen molar-refractivity contribution in [2.24, 2.45) is 0 Å². The molecule has 0 radical (unpaired) electrons. The maximum atomic E-state index is 5.23. The lowest BCUT2D eigenvalue weighted by molar-refractivity contribution is 0.546. The minimum Gasteiger partial charge on any atom is -0.303 e. The number of terminal acetylenes is 1. The molecule has 1 aromatic rings. The van der Waals surface area contributed by atoms with Gasteiger partial charge in [-0.05, 0) is 18.4 Å². The van der Waals surface area contributed by atoms with Crippen molar-refractivity contribution >= 4 is 0 Å². The van der Waals surface area contributed by atoms with Crippen LogP contribution in [0.2, 0.25) is 0 Å². The van der Waals surface area contributed by atoms with Gasteiger partial charge in [0.05, 0.1) is 6.54 Å². The maximum absolute atomic E-state index is 5.23.